The fraction of sp³-hybridized carbons (Fsp3) is 0.600. The lowest BCUT2D eigenvalue weighted by Gasteiger charge is -2.13. The molecule has 120 valence electrons. The Kier molecular flexibility index (Phi) is 7.53. The van der Waals surface area contributed by atoms with Crippen molar-refractivity contribution in [2.45, 2.75) is 45.7 Å². The zero-order valence-electron chi connectivity index (χ0n) is 12.4. The van der Waals surface area contributed by atoms with E-state index in [1.165, 1.54) is 12.1 Å². The molecule has 0 heterocycles. The van der Waals surface area contributed by atoms with E-state index in [0.717, 1.165) is 19.4 Å². The Hall–Kier alpha value is -1.27. The highest BCUT2D eigenvalue weighted by atomic mass is 19.4. The van der Waals surface area contributed by atoms with Gasteiger partial charge in [-0.2, -0.15) is 0 Å². The Morgan fingerprint density at radius 2 is 1.86 bits per heavy atom. The predicted octanol–water partition coefficient (Wildman–Crippen LogP) is 3.88. The molecule has 1 rings (SSSR count). The Morgan fingerprint density at radius 1 is 1.14 bits per heavy atom. The Bertz CT molecular complexity index is 408. The summed E-state index contributed by atoms with van der Waals surface area (Å²) in [7, 11) is 0. The lowest BCUT2D eigenvalue weighted by molar-refractivity contribution is -0.274. The van der Waals surface area contributed by atoms with Crippen LogP contribution in [0.25, 0.3) is 0 Å². The van der Waals surface area contributed by atoms with Gasteiger partial charge in [-0.1, -0.05) is 18.2 Å². The average Bonchev–Trinajstić information content (AvgIpc) is 2.37. The van der Waals surface area contributed by atoms with E-state index < -0.39 is 6.36 Å². The molecular weight excluding hydrogens is 283 g/mol. The van der Waals surface area contributed by atoms with Gasteiger partial charge in [0.1, 0.15) is 5.75 Å². The van der Waals surface area contributed by atoms with Gasteiger partial charge < -0.3 is 14.8 Å². The monoisotopic (exact) mass is 305 g/mol. The number of halogens is 3. The maximum atomic E-state index is 12.3. The van der Waals surface area contributed by atoms with E-state index >= 15 is 0 Å². The molecule has 0 aliphatic heterocycles. The molecule has 0 spiro atoms. The van der Waals surface area contributed by atoms with Gasteiger partial charge in [0.15, 0.2) is 0 Å². The highest BCUT2D eigenvalue weighted by Crippen LogP contribution is 2.25. The van der Waals surface area contributed by atoms with E-state index in [0.29, 0.717) is 18.7 Å². The van der Waals surface area contributed by atoms with E-state index in [1.54, 1.807) is 12.1 Å². The van der Waals surface area contributed by atoms with Crippen LogP contribution in [-0.2, 0) is 11.3 Å². The first kappa shape index (κ1) is 17.8. The zero-order chi connectivity index (χ0) is 15.7. The molecule has 0 aromatic heterocycles. The highest BCUT2D eigenvalue weighted by Gasteiger charge is 2.31. The summed E-state index contributed by atoms with van der Waals surface area (Å²) in [5, 5.41) is 3.11. The van der Waals surface area contributed by atoms with Gasteiger partial charge in [-0.05, 0) is 39.3 Å². The molecule has 1 N–H and O–H groups in total. The number of rotatable bonds is 9. The van der Waals surface area contributed by atoms with Crippen LogP contribution >= 0.6 is 0 Å². The minimum absolute atomic E-state index is 0.152. The summed E-state index contributed by atoms with van der Waals surface area (Å²) in [5.41, 5.74) is 0.494. The number of hydrogen-bond acceptors (Lipinski definition) is 3. The first-order valence-corrected chi connectivity index (χ1v) is 7.04. The van der Waals surface area contributed by atoms with Crippen LogP contribution in [0.1, 0.15) is 32.3 Å². The fourth-order valence-corrected chi connectivity index (χ4v) is 1.77. The summed E-state index contributed by atoms with van der Waals surface area (Å²) in [5.74, 6) is -0.152. The van der Waals surface area contributed by atoms with Crippen molar-refractivity contribution in [1.82, 2.24) is 5.32 Å². The van der Waals surface area contributed by atoms with Crippen LogP contribution in [0.15, 0.2) is 24.3 Å². The maximum absolute atomic E-state index is 12.3. The topological polar surface area (TPSA) is 30.5 Å². The lowest BCUT2D eigenvalue weighted by Crippen LogP contribution is -2.20. The predicted molar refractivity (Wildman–Crippen MR) is 75.2 cm³/mol. The van der Waals surface area contributed by atoms with E-state index in [2.05, 4.69) is 10.1 Å². The zero-order valence-corrected chi connectivity index (χ0v) is 12.4. The van der Waals surface area contributed by atoms with Crippen molar-refractivity contribution in [3.8, 4) is 5.75 Å². The number of unbranched alkanes of at least 4 members (excludes halogenated alkanes) is 1. The van der Waals surface area contributed by atoms with E-state index in [4.69, 9.17) is 4.74 Å². The van der Waals surface area contributed by atoms with Gasteiger partial charge in [-0.25, -0.2) is 0 Å². The second kappa shape index (κ2) is 8.89. The van der Waals surface area contributed by atoms with Crippen LogP contribution in [0, 0.1) is 0 Å². The minimum Gasteiger partial charge on any atom is -0.405 e. The van der Waals surface area contributed by atoms with Gasteiger partial charge in [-0.3, -0.25) is 0 Å². The van der Waals surface area contributed by atoms with Gasteiger partial charge in [0.2, 0.25) is 0 Å². The van der Waals surface area contributed by atoms with Crippen LogP contribution in [0.5, 0.6) is 5.75 Å². The van der Waals surface area contributed by atoms with Gasteiger partial charge >= 0.3 is 6.36 Å². The number of benzene rings is 1. The molecule has 0 radical (unpaired) electrons. The Morgan fingerprint density at radius 3 is 2.52 bits per heavy atom. The number of alkyl halides is 3. The summed E-state index contributed by atoms with van der Waals surface area (Å²) in [4.78, 5) is 0. The van der Waals surface area contributed by atoms with E-state index in [-0.39, 0.29) is 11.9 Å². The molecule has 0 atom stereocenters. The van der Waals surface area contributed by atoms with Crippen molar-refractivity contribution < 1.29 is 22.6 Å². The van der Waals surface area contributed by atoms with Crippen LogP contribution < -0.4 is 10.1 Å². The largest absolute Gasteiger partial charge is 0.573 e. The van der Waals surface area contributed by atoms with Crippen molar-refractivity contribution in [3.63, 3.8) is 0 Å². The van der Waals surface area contributed by atoms with Crippen molar-refractivity contribution in [2.75, 3.05) is 13.2 Å². The summed E-state index contributed by atoms with van der Waals surface area (Å²) in [6.07, 6.45) is -2.60. The fourth-order valence-electron chi connectivity index (χ4n) is 1.77. The maximum Gasteiger partial charge on any atom is 0.573 e. The van der Waals surface area contributed by atoms with Gasteiger partial charge in [0, 0.05) is 18.7 Å². The second-order valence-electron chi connectivity index (χ2n) is 4.96. The van der Waals surface area contributed by atoms with Crippen molar-refractivity contribution >= 4 is 0 Å². The standard InChI is InChI=1S/C15H22F3NO2/c1-12(2)20-10-6-5-9-19-11-13-7-3-4-8-14(13)21-15(16,17)18/h3-4,7-8,12,19H,5-6,9-11H2,1-2H3. The summed E-state index contributed by atoms with van der Waals surface area (Å²) in [6, 6.07) is 6.15. The highest BCUT2D eigenvalue weighted by molar-refractivity contribution is 5.33. The third kappa shape index (κ3) is 8.57. The molecule has 0 amide bonds. The third-order valence-electron chi connectivity index (χ3n) is 2.71. The molecule has 0 saturated heterocycles. The molecule has 0 unspecified atom stereocenters. The SMILES string of the molecule is CC(C)OCCCCNCc1ccccc1OC(F)(F)F. The molecule has 0 aliphatic rings. The lowest BCUT2D eigenvalue weighted by atomic mass is 10.2. The second-order valence-corrected chi connectivity index (χ2v) is 4.96. The quantitative estimate of drug-likeness (QED) is 0.702. The van der Waals surface area contributed by atoms with Crippen molar-refractivity contribution in [3.05, 3.63) is 29.8 Å². The summed E-state index contributed by atoms with van der Waals surface area (Å²) in [6.45, 7) is 5.73. The smallest absolute Gasteiger partial charge is 0.405 e. The van der Waals surface area contributed by atoms with Crippen LogP contribution in [0.4, 0.5) is 13.2 Å². The Labute approximate surface area is 123 Å². The minimum atomic E-state index is -4.66. The number of nitrogens with one attached hydrogen (secondary N) is 1. The molecule has 0 bridgehead atoms. The third-order valence-corrected chi connectivity index (χ3v) is 2.71. The van der Waals surface area contributed by atoms with Crippen molar-refractivity contribution in [2.24, 2.45) is 0 Å². The molecule has 3 nitrogen and oxygen atoms in total. The molecule has 0 fully saturated rings. The normalized spacial score (nSPS) is 11.9. The molecule has 0 saturated carbocycles. The first-order valence-electron chi connectivity index (χ1n) is 7.04. The van der Waals surface area contributed by atoms with E-state index in [9.17, 15) is 13.2 Å². The molecule has 1 aromatic rings. The molecular formula is C15H22F3NO2. The van der Waals surface area contributed by atoms with Crippen LogP contribution in [-0.4, -0.2) is 25.6 Å². The number of ether oxygens (including phenoxy) is 2. The molecule has 6 heteroatoms. The summed E-state index contributed by atoms with van der Waals surface area (Å²) < 4.78 is 46.2. The van der Waals surface area contributed by atoms with Crippen LogP contribution in [0.2, 0.25) is 0 Å². The Balaban J connectivity index is 2.29. The molecule has 21 heavy (non-hydrogen) atoms. The first-order chi connectivity index (χ1) is 9.88. The van der Waals surface area contributed by atoms with Crippen LogP contribution in [0.3, 0.4) is 0 Å². The number of hydrogen-bond donors (Lipinski definition) is 1. The van der Waals surface area contributed by atoms with E-state index in [1.807, 2.05) is 13.8 Å². The average molecular weight is 305 g/mol. The van der Waals surface area contributed by atoms with Gasteiger partial charge in [0.05, 0.1) is 6.10 Å². The van der Waals surface area contributed by atoms with Gasteiger partial charge in [0.25, 0.3) is 0 Å². The molecule has 0 aliphatic carbocycles. The summed E-state index contributed by atoms with van der Waals surface area (Å²) >= 11 is 0. The molecule has 1 aromatic carbocycles. The number of para-hydroxylation sites is 1. The van der Waals surface area contributed by atoms with Crippen molar-refractivity contribution in [1.29, 1.82) is 0 Å². The van der Waals surface area contributed by atoms with Gasteiger partial charge in [-0.15, -0.1) is 13.2 Å².